The Labute approximate surface area is 105 Å². The maximum atomic E-state index is 11.4. The van der Waals surface area contributed by atoms with Crippen molar-refractivity contribution in [2.24, 2.45) is 0 Å². The first-order valence-electron chi connectivity index (χ1n) is 5.12. The highest BCUT2D eigenvalue weighted by atomic mass is 35.5. The van der Waals surface area contributed by atoms with E-state index < -0.39 is 11.9 Å². The number of carbonyl (C=O) groups is 1. The maximum Gasteiger partial charge on any atom is 0.244 e. The third-order valence-corrected chi connectivity index (χ3v) is 2.45. The van der Waals surface area contributed by atoms with Crippen LogP contribution in [0.3, 0.4) is 0 Å². The quantitative estimate of drug-likeness (QED) is 0.683. The van der Waals surface area contributed by atoms with Crippen molar-refractivity contribution in [3.63, 3.8) is 0 Å². The summed E-state index contributed by atoms with van der Waals surface area (Å²) in [5.74, 6) is -0.391. The standard InChI is InChI=1S/C12H14ClNO3/c13-11-4-2-1-3-9(11)5-6-12(17)14-10(7-15)8-16/h1-6,10,15-16H,7-8H2,(H,14,17). The van der Waals surface area contributed by atoms with Crippen molar-refractivity contribution in [3.05, 3.63) is 40.9 Å². The van der Waals surface area contributed by atoms with Crippen LogP contribution in [0.2, 0.25) is 5.02 Å². The highest BCUT2D eigenvalue weighted by Crippen LogP contribution is 2.15. The van der Waals surface area contributed by atoms with Gasteiger partial charge in [0.1, 0.15) is 0 Å². The van der Waals surface area contributed by atoms with Gasteiger partial charge in [0.25, 0.3) is 0 Å². The monoisotopic (exact) mass is 255 g/mol. The average Bonchev–Trinajstić information content (AvgIpc) is 2.35. The van der Waals surface area contributed by atoms with Gasteiger partial charge in [-0.3, -0.25) is 4.79 Å². The van der Waals surface area contributed by atoms with Gasteiger partial charge in [-0.05, 0) is 17.7 Å². The largest absolute Gasteiger partial charge is 0.394 e. The molecule has 1 amide bonds. The second-order valence-corrected chi connectivity index (χ2v) is 3.83. The van der Waals surface area contributed by atoms with Crippen molar-refractivity contribution in [3.8, 4) is 0 Å². The molecule has 0 aliphatic rings. The van der Waals surface area contributed by atoms with Crippen molar-refractivity contribution in [1.29, 1.82) is 0 Å². The summed E-state index contributed by atoms with van der Waals surface area (Å²) in [6, 6.07) is 6.48. The van der Waals surface area contributed by atoms with Crippen LogP contribution in [-0.4, -0.2) is 35.4 Å². The summed E-state index contributed by atoms with van der Waals surface area (Å²) in [7, 11) is 0. The minimum absolute atomic E-state index is 0.303. The minimum Gasteiger partial charge on any atom is -0.394 e. The Bertz CT molecular complexity index is 402. The molecule has 3 N–H and O–H groups in total. The number of rotatable bonds is 5. The molecular formula is C12H14ClNO3. The first-order chi connectivity index (χ1) is 8.17. The lowest BCUT2D eigenvalue weighted by Crippen LogP contribution is -2.39. The van der Waals surface area contributed by atoms with E-state index in [-0.39, 0.29) is 13.2 Å². The highest BCUT2D eigenvalue weighted by molar-refractivity contribution is 6.32. The Hall–Kier alpha value is -1.36. The number of halogens is 1. The molecule has 1 aromatic carbocycles. The molecule has 4 nitrogen and oxygen atoms in total. The van der Waals surface area contributed by atoms with Gasteiger partial charge in [0.05, 0.1) is 19.3 Å². The van der Waals surface area contributed by atoms with Gasteiger partial charge in [0.15, 0.2) is 0 Å². The molecule has 0 aliphatic heterocycles. The second-order valence-electron chi connectivity index (χ2n) is 3.43. The summed E-state index contributed by atoms with van der Waals surface area (Å²) >= 11 is 5.91. The summed E-state index contributed by atoms with van der Waals surface area (Å²) < 4.78 is 0. The molecule has 1 rings (SSSR count). The van der Waals surface area contributed by atoms with Crippen LogP contribution in [0.1, 0.15) is 5.56 Å². The van der Waals surface area contributed by atoms with Crippen molar-refractivity contribution in [1.82, 2.24) is 5.32 Å². The van der Waals surface area contributed by atoms with Crippen molar-refractivity contribution in [2.45, 2.75) is 6.04 Å². The highest BCUT2D eigenvalue weighted by Gasteiger charge is 2.07. The number of hydrogen-bond donors (Lipinski definition) is 3. The molecule has 5 heteroatoms. The van der Waals surface area contributed by atoms with Crippen LogP contribution < -0.4 is 5.32 Å². The molecule has 0 saturated carbocycles. The van der Waals surface area contributed by atoms with Crippen LogP contribution in [0.5, 0.6) is 0 Å². The van der Waals surface area contributed by atoms with E-state index in [0.717, 1.165) is 5.56 Å². The molecule has 92 valence electrons. The number of carbonyl (C=O) groups excluding carboxylic acids is 1. The molecule has 0 fully saturated rings. The third-order valence-electron chi connectivity index (χ3n) is 2.11. The topological polar surface area (TPSA) is 69.6 Å². The molecule has 0 saturated heterocycles. The van der Waals surface area contributed by atoms with E-state index in [4.69, 9.17) is 21.8 Å². The number of amides is 1. The van der Waals surface area contributed by atoms with Gasteiger partial charge in [-0.25, -0.2) is 0 Å². The van der Waals surface area contributed by atoms with E-state index in [0.29, 0.717) is 5.02 Å². The molecule has 0 heterocycles. The van der Waals surface area contributed by atoms with E-state index in [2.05, 4.69) is 5.32 Å². The van der Waals surface area contributed by atoms with Crippen LogP contribution in [-0.2, 0) is 4.79 Å². The first-order valence-corrected chi connectivity index (χ1v) is 5.50. The fourth-order valence-corrected chi connectivity index (χ4v) is 1.37. The predicted octanol–water partition coefficient (Wildman–Crippen LogP) is 0.823. The van der Waals surface area contributed by atoms with Crippen LogP contribution in [0, 0.1) is 0 Å². The SMILES string of the molecule is O=C(C=Cc1ccccc1Cl)NC(CO)CO. The molecule has 0 aromatic heterocycles. The Balaban J connectivity index is 2.60. The molecule has 0 bridgehead atoms. The summed E-state index contributed by atoms with van der Waals surface area (Å²) in [6.07, 6.45) is 2.88. The van der Waals surface area contributed by atoms with Gasteiger partial charge in [-0.15, -0.1) is 0 Å². The zero-order valence-electron chi connectivity index (χ0n) is 9.14. The Morgan fingerprint density at radius 1 is 1.35 bits per heavy atom. The zero-order chi connectivity index (χ0) is 12.7. The fraction of sp³-hybridized carbons (Fsp3) is 0.250. The molecular weight excluding hydrogens is 242 g/mol. The van der Waals surface area contributed by atoms with Crippen molar-refractivity contribution in [2.75, 3.05) is 13.2 Å². The molecule has 0 atom stereocenters. The number of nitrogens with one attached hydrogen (secondary N) is 1. The van der Waals surface area contributed by atoms with Crippen molar-refractivity contribution >= 4 is 23.6 Å². The first kappa shape index (κ1) is 13.7. The summed E-state index contributed by atoms with van der Waals surface area (Å²) in [5.41, 5.74) is 0.730. The molecule has 1 aromatic rings. The van der Waals surface area contributed by atoms with E-state index in [1.54, 1.807) is 24.3 Å². The van der Waals surface area contributed by atoms with Gasteiger partial charge < -0.3 is 15.5 Å². The van der Waals surface area contributed by atoms with Gasteiger partial charge in [-0.1, -0.05) is 29.8 Å². The molecule has 17 heavy (non-hydrogen) atoms. The lowest BCUT2D eigenvalue weighted by molar-refractivity contribution is -0.117. The number of aliphatic hydroxyl groups is 2. The molecule has 0 spiro atoms. The van der Waals surface area contributed by atoms with Gasteiger partial charge in [0, 0.05) is 11.1 Å². The van der Waals surface area contributed by atoms with E-state index >= 15 is 0 Å². The fourth-order valence-electron chi connectivity index (χ4n) is 1.17. The number of aliphatic hydroxyl groups excluding tert-OH is 2. The van der Waals surface area contributed by atoms with Gasteiger partial charge in [0.2, 0.25) is 5.91 Å². The average molecular weight is 256 g/mol. The van der Waals surface area contributed by atoms with Crippen LogP contribution in [0.4, 0.5) is 0 Å². The Morgan fingerprint density at radius 3 is 2.59 bits per heavy atom. The van der Waals surface area contributed by atoms with Crippen LogP contribution in [0.15, 0.2) is 30.3 Å². The Kier molecular flexibility index (Phi) is 5.69. The summed E-state index contributed by atoms with van der Waals surface area (Å²) in [6.45, 7) is -0.607. The zero-order valence-corrected chi connectivity index (χ0v) is 9.89. The normalized spacial score (nSPS) is 11.1. The third kappa shape index (κ3) is 4.56. The van der Waals surface area contributed by atoms with Crippen molar-refractivity contribution < 1.29 is 15.0 Å². The smallest absolute Gasteiger partial charge is 0.244 e. The molecule has 0 aliphatic carbocycles. The van der Waals surface area contributed by atoms with E-state index in [1.807, 2.05) is 6.07 Å². The molecule has 0 unspecified atom stereocenters. The predicted molar refractivity (Wildman–Crippen MR) is 66.6 cm³/mol. The molecule has 0 radical (unpaired) electrons. The summed E-state index contributed by atoms with van der Waals surface area (Å²) in [4.78, 5) is 11.4. The number of hydrogen-bond acceptors (Lipinski definition) is 3. The lowest BCUT2D eigenvalue weighted by Gasteiger charge is -2.10. The summed E-state index contributed by atoms with van der Waals surface area (Å²) in [5, 5.41) is 20.6. The van der Waals surface area contributed by atoms with Crippen LogP contribution >= 0.6 is 11.6 Å². The Morgan fingerprint density at radius 2 is 2.00 bits per heavy atom. The second kappa shape index (κ2) is 7.06. The number of benzene rings is 1. The lowest BCUT2D eigenvalue weighted by atomic mass is 10.2. The van der Waals surface area contributed by atoms with E-state index in [9.17, 15) is 4.79 Å². The van der Waals surface area contributed by atoms with Gasteiger partial charge in [-0.2, -0.15) is 0 Å². The van der Waals surface area contributed by atoms with Crippen LogP contribution in [0.25, 0.3) is 6.08 Å². The van der Waals surface area contributed by atoms with Gasteiger partial charge >= 0.3 is 0 Å². The maximum absolute atomic E-state index is 11.4. The minimum atomic E-state index is -0.640. The van der Waals surface area contributed by atoms with E-state index in [1.165, 1.54) is 6.08 Å².